The van der Waals surface area contributed by atoms with E-state index in [-0.39, 0.29) is 36.1 Å². The molecule has 4 amide bonds. The number of fused-ring (bicyclic) bond motifs is 3. The molecule has 3 aromatic rings. The van der Waals surface area contributed by atoms with Gasteiger partial charge >= 0.3 is 11.9 Å². The Hall–Kier alpha value is -4.21. The molecule has 1 aromatic heterocycles. The van der Waals surface area contributed by atoms with Crippen LogP contribution in [0.2, 0.25) is 0 Å². The fourth-order valence-electron chi connectivity index (χ4n) is 5.41. The second-order valence-corrected chi connectivity index (χ2v) is 13.6. The summed E-state index contributed by atoms with van der Waals surface area (Å²) in [6, 6.07) is 11.4. The number of aromatic nitrogens is 1. The maximum Gasteiger partial charge on any atom is 0.352 e. The van der Waals surface area contributed by atoms with Crippen LogP contribution in [0.1, 0.15) is 40.0 Å². The summed E-state index contributed by atoms with van der Waals surface area (Å²) in [5.74, 6) is -4.33. The summed E-state index contributed by atoms with van der Waals surface area (Å²) in [6.07, 6.45) is -0.273. The molecule has 0 bridgehead atoms. The van der Waals surface area contributed by atoms with Crippen LogP contribution in [-0.4, -0.2) is 89.5 Å². The number of imide groups is 1. The molecule has 44 heavy (non-hydrogen) atoms. The Kier molecular flexibility index (Phi) is 8.18. The maximum absolute atomic E-state index is 13.0. The average Bonchev–Trinajstić information content (AvgIpc) is 3.54. The second kappa shape index (κ2) is 12.1. The molecule has 6 rings (SSSR count). The monoisotopic (exact) mass is 652 g/mol. The van der Waals surface area contributed by atoms with Crippen molar-refractivity contribution >= 4 is 80.6 Å². The largest absolute Gasteiger partial charge is 0.480 e. The predicted molar refractivity (Wildman–Crippen MR) is 162 cm³/mol. The van der Waals surface area contributed by atoms with Crippen molar-refractivity contribution in [3.63, 3.8) is 0 Å². The van der Waals surface area contributed by atoms with Gasteiger partial charge in [0.25, 0.3) is 17.7 Å². The van der Waals surface area contributed by atoms with E-state index in [0.29, 0.717) is 22.0 Å². The fraction of sp³-hybridized carbons (Fsp3) is 0.276. The van der Waals surface area contributed by atoms with Crippen molar-refractivity contribution in [1.82, 2.24) is 20.1 Å². The first-order valence-corrected chi connectivity index (χ1v) is 16.4. The predicted octanol–water partition coefficient (Wildman–Crippen LogP) is 3.05. The van der Waals surface area contributed by atoms with E-state index in [0.717, 1.165) is 14.6 Å². The number of benzene rings is 2. The highest BCUT2D eigenvalue weighted by atomic mass is 32.2. The molecular formula is C29H24N4O8S3. The average molecular weight is 653 g/mol. The molecule has 0 spiro atoms. The number of amides is 4. The molecule has 12 nitrogen and oxygen atoms in total. The molecular weight excluding hydrogens is 629 g/mol. The Morgan fingerprint density at radius 2 is 1.70 bits per heavy atom. The van der Waals surface area contributed by atoms with E-state index in [9.17, 15) is 39.0 Å². The second-order valence-electron chi connectivity index (χ2n) is 10.2. The van der Waals surface area contributed by atoms with Gasteiger partial charge in [0.15, 0.2) is 4.34 Å². The van der Waals surface area contributed by atoms with E-state index in [2.05, 4.69) is 10.3 Å². The van der Waals surface area contributed by atoms with Gasteiger partial charge < -0.3 is 15.5 Å². The molecule has 0 aliphatic carbocycles. The van der Waals surface area contributed by atoms with Gasteiger partial charge in [0.2, 0.25) is 5.91 Å². The first-order valence-electron chi connectivity index (χ1n) is 13.5. The lowest BCUT2D eigenvalue weighted by Crippen LogP contribution is -2.70. The summed E-state index contributed by atoms with van der Waals surface area (Å²) >= 11 is 4.28. The van der Waals surface area contributed by atoms with Crippen LogP contribution < -0.4 is 5.32 Å². The van der Waals surface area contributed by atoms with Crippen molar-refractivity contribution < 1.29 is 39.0 Å². The zero-order chi connectivity index (χ0) is 31.1. The van der Waals surface area contributed by atoms with Gasteiger partial charge in [0.05, 0.1) is 21.3 Å². The molecule has 3 aliphatic rings. The summed E-state index contributed by atoms with van der Waals surface area (Å²) in [5, 5.41) is 21.8. The number of nitrogens with zero attached hydrogens (tertiary/aromatic N) is 3. The molecule has 1 saturated heterocycles. The summed E-state index contributed by atoms with van der Waals surface area (Å²) in [6.45, 7) is 0. The lowest BCUT2D eigenvalue weighted by atomic mass is 10.0. The highest BCUT2D eigenvalue weighted by Gasteiger charge is 2.54. The van der Waals surface area contributed by atoms with Gasteiger partial charge in [-0.15, -0.1) is 23.1 Å². The molecule has 15 heteroatoms. The minimum absolute atomic E-state index is 0.0338. The van der Waals surface area contributed by atoms with Crippen LogP contribution in [0.3, 0.4) is 0 Å². The maximum atomic E-state index is 13.0. The van der Waals surface area contributed by atoms with E-state index in [1.165, 1.54) is 51.9 Å². The molecule has 1 fully saturated rings. The summed E-state index contributed by atoms with van der Waals surface area (Å²) in [5.41, 5.74) is 1.64. The summed E-state index contributed by atoms with van der Waals surface area (Å²) in [4.78, 5) is 81.9. The van der Waals surface area contributed by atoms with Crippen molar-refractivity contribution in [2.75, 3.05) is 11.5 Å². The smallest absolute Gasteiger partial charge is 0.352 e. The van der Waals surface area contributed by atoms with E-state index in [1.54, 1.807) is 12.1 Å². The van der Waals surface area contributed by atoms with Crippen molar-refractivity contribution in [3.8, 4) is 0 Å². The van der Waals surface area contributed by atoms with Crippen molar-refractivity contribution in [1.29, 1.82) is 0 Å². The lowest BCUT2D eigenvalue weighted by molar-refractivity contribution is -0.150. The fourth-order valence-corrected chi connectivity index (χ4v) is 8.96. The number of thioether (sulfide) groups is 2. The molecule has 0 saturated carbocycles. The SMILES string of the molecule is O=C(CCCC(C(=O)O)N1C(=O)c2ccccc2C1=O)N[C@@H]1C(=O)N2C(C(=O)O)=C(CSc3nc4ccccc4s3)CS[C@@H]12. The lowest BCUT2D eigenvalue weighted by Gasteiger charge is -2.49. The minimum Gasteiger partial charge on any atom is -0.480 e. The van der Waals surface area contributed by atoms with Crippen molar-refractivity contribution in [2.24, 2.45) is 0 Å². The number of nitrogens with one attached hydrogen (secondary N) is 1. The number of hydrogen-bond acceptors (Lipinski definition) is 10. The van der Waals surface area contributed by atoms with Crippen LogP contribution in [0, 0.1) is 0 Å². The normalized spacial score (nSPS) is 20.0. The first-order chi connectivity index (χ1) is 21.2. The molecule has 3 atom stereocenters. The van der Waals surface area contributed by atoms with Crippen LogP contribution in [-0.2, 0) is 19.2 Å². The third-order valence-corrected chi connectivity index (χ3v) is 11.1. The van der Waals surface area contributed by atoms with Gasteiger partial charge in [-0.25, -0.2) is 14.6 Å². The zero-order valence-electron chi connectivity index (χ0n) is 22.8. The molecule has 1 unspecified atom stereocenters. The number of thiazole rings is 1. The standard InChI is InChI=1S/C29H24N4O8S3/c34-20(11-5-9-18(27(38)39)32-23(35)15-6-1-2-7-16(15)24(32)36)31-21-25(37)33-22(28(40)41)14(12-42-26(21)33)13-43-29-30-17-8-3-4-10-19(17)44-29/h1-4,6-8,10,18,21,26H,5,9,11-13H2,(H,31,34)(H,38,39)(H,40,41)/t18?,21-,26+/m1/s1. The minimum atomic E-state index is -1.45. The Bertz CT molecular complexity index is 1700. The van der Waals surface area contributed by atoms with Gasteiger partial charge in [0, 0.05) is 17.9 Å². The molecule has 3 aliphatic heterocycles. The third kappa shape index (κ3) is 5.35. The van der Waals surface area contributed by atoms with Crippen LogP contribution in [0.15, 0.2) is 64.1 Å². The number of carbonyl (C=O) groups is 6. The van der Waals surface area contributed by atoms with Gasteiger partial charge in [-0.05, 0) is 42.7 Å². The molecule has 0 radical (unpaired) electrons. The number of para-hydroxylation sites is 1. The Balaban J connectivity index is 1.05. The van der Waals surface area contributed by atoms with Crippen LogP contribution in [0.5, 0.6) is 0 Å². The van der Waals surface area contributed by atoms with E-state index in [4.69, 9.17) is 0 Å². The van der Waals surface area contributed by atoms with Gasteiger partial charge in [-0.3, -0.25) is 29.0 Å². The topological polar surface area (TPSA) is 174 Å². The molecule has 226 valence electrons. The number of β-lactam (4-membered cyclic amide) rings is 1. The highest BCUT2D eigenvalue weighted by Crippen LogP contribution is 2.42. The third-order valence-electron chi connectivity index (χ3n) is 7.51. The molecule has 2 aromatic carbocycles. The molecule has 4 heterocycles. The number of hydrogen-bond donors (Lipinski definition) is 3. The number of carboxylic acids is 2. The van der Waals surface area contributed by atoms with Gasteiger partial charge in [-0.1, -0.05) is 36.0 Å². The first kappa shape index (κ1) is 29.8. The number of rotatable bonds is 11. The van der Waals surface area contributed by atoms with Crippen LogP contribution >= 0.6 is 34.9 Å². The highest BCUT2D eigenvalue weighted by molar-refractivity contribution is 8.02. The zero-order valence-corrected chi connectivity index (χ0v) is 25.2. The summed E-state index contributed by atoms with van der Waals surface area (Å²) < 4.78 is 1.82. The number of carbonyl (C=O) groups excluding carboxylic acids is 4. The Morgan fingerprint density at radius 3 is 2.36 bits per heavy atom. The van der Waals surface area contributed by atoms with Gasteiger partial charge in [-0.2, -0.15) is 0 Å². The van der Waals surface area contributed by atoms with E-state index < -0.39 is 53.0 Å². The van der Waals surface area contributed by atoms with E-state index in [1.807, 2.05) is 24.3 Å². The number of aliphatic carboxylic acids is 2. The Labute approximate surface area is 262 Å². The van der Waals surface area contributed by atoms with Gasteiger partial charge in [0.1, 0.15) is 23.2 Å². The quantitative estimate of drug-likeness (QED) is 0.158. The van der Waals surface area contributed by atoms with Crippen molar-refractivity contribution in [3.05, 3.63) is 70.9 Å². The number of carboxylic acid groups (broad SMARTS) is 2. The van der Waals surface area contributed by atoms with Crippen LogP contribution in [0.4, 0.5) is 0 Å². The van der Waals surface area contributed by atoms with Crippen molar-refractivity contribution in [2.45, 2.75) is 41.1 Å². The summed E-state index contributed by atoms with van der Waals surface area (Å²) in [7, 11) is 0. The van der Waals surface area contributed by atoms with Crippen LogP contribution in [0.25, 0.3) is 10.2 Å². The van der Waals surface area contributed by atoms with E-state index >= 15 is 0 Å². The molecule has 3 N–H and O–H groups in total. The Morgan fingerprint density at radius 1 is 1.02 bits per heavy atom.